The average molecular weight is 258 g/mol. The first-order chi connectivity index (χ1) is 7.93. The average Bonchev–Trinajstić information content (AvgIpc) is 2.72. The smallest absolute Gasteiger partial charge is 0.151 e. The van der Waals surface area contributed by atoms with Gasteiger partial charge in [-0.1, -0.05) is 20.8 Å². The van der Waals surface area contributed by atoms with Crippen LogP contribution in [0, 0.1) is 0 Å². The Kier molecular flexibility index (Phi) is 5.21. The Morgan fingerprint density at radius 2 is 2.12 bits per heavy atom. The van der Waals surface area contributed by atoms with Crippen LogP contribution in [-0.2, 0) is 22.9 Å². The van der Waals surface area contributed by atoms with Crippen LogP contribution in [0.25, 0.3) is 0 Å². The highest BCUT2D eigenvalue weighted by Crippen LogP contribution is 2.02. The van der Waals surface area contributed by atoms with Crippen molar-refractivity contribution in [1.29, 1.82) is 0 Å². The van der Waals surface area contributed by atoms with E-state index in [0.717, 1.165) is 6.54 Å². The zero-order chi connectivity index (χ0) is 12.9. The summed E-state index contributed by atoms with van der Waals surface area (Å²) in [7, 11) is -2.87. The largest absolute Gasteiger partial charge is 0.353 e. The molecule has 0 unspecified atom stereocenters. The van der Waals surface area contributed by atoms with E-state index < -0.39 is 9.84 Å². The Morgan fingerprint density at radius 3 is 2.71 bits per heavy atom. The van der Waals surface area contributed by atoms with E-state index in [0.29, 0.717) is 12.6 Å². The van der Waals surface area contributed by atoms with Gasteiger partial charge in [0.2, 0.25) is 0 Å². The van der Waals surface area contributed by atoms with E-state index in [4.69, 9.17) is 0 Å². The number of hydrogen-bond donors (Lipinski definition) is 1. The van der Waals surface area contributed by atoms with Crippen LogP contribution in [0.15, 0.2) is 18.5 Å². The Hall–Kier alpha value is -0.810. The summed E-state index contributed by atoms with van der Waals surface area (Å²) in [4.78, 5) is 0. The van der Waals surface area contributed by atoms with Gasteiger partial charge in [-0.2, -0.15) is 0 Å². The maximum Gasteiger partial charge on any atom is 0.151 e. The molecule has 0 saturated carbocycles. The molecule has 17 heavy (non-hydrogen) atoms. The summed E-state index contributed by atoms with van der Waals surface area (Å²) in [5.74, 6) is 0.436. The second-order valence-electron chi connectivity index (χ2n) is 4.53. The highest BCUT2D eigenvalue weighted by atomic mass is 32.2. The third kappa shape index (κ3) is 5.37. The molecule has 1 aromatic heterocycles. The molecule has 0 fully saturated rings. The number of rotatable bonds is 7. The Morgan fingerprint density at radius 1 is 1.41 bits per heavy atom. The first-order valence-electron chi connectivity index (χ1n) is 6.01. The quantitative estimate of drug-likeness (QED) is 0.805. The van der Waals surface area contributed by atoms with Gasteiger partial charge in [0, 0.05) is 37.3 Å². The van der Waals surface area contributed by atoms with Crippen molar-refractivity contribution in [2.75, 3.05) is 11.5 Å². The SMILES string of the molecule is CCS(=O)(=O)CCn1ccc(CNC(C)C)c1. The van der Waals surface area contributed by atoms with Gasteiger partial charge in [-0.25, -0.2) is 8.42 Å². The maximum atomic E-state index is 11.4. The van der Waals surface area contributed by atoms with E-state index >= 15 is 0 Å². The third-order valence-electron chi connectivity index (χ3n) is 2.63. The van der Waals surface area contributed by atoms with E-state index in [-0.39, 0.29) is 11.5 Å². The molecule has 5 heteroatoms. The third-order valence-corrected chi connectivity index (χ3v) is 4.31. The molecule has 0 aliphatic rings. The van der Waals surface area contributed by atoms with Gasteiger partial charge in [0.25, 0.3) is 0 Å². The Labute approximate surface area is 104 Å². The molecule has 0 bridgehead atoms. The molecule has 1 heterocycles. The van der Waals surface area contributed by atoms with Crippen molar-refractivity contribution < 1.29 is 8.42 Å². The van der Waals surface area contributed by atoms with E-state index in [2.05, 4.69) is 19.2 Å². The second-order valence-corrected chi connectivity index (χ2v) is 7.00. The molecule has 0 amide bonds. The second kappa shape index (κ2) is 6.21. The van der Waals surface area contributed by atoms with E-state index in [1.54, 1.807) is 6.92 Å². The molecule has 1 N–H and O–H groups in total. The minimum atomic E-state index is -2.87. The first-order valence-corrected chi connectivity index (χ1v) is 7.83. The van der Waals surface area contributed by atoms with Crippen LogP contribution in [0.4, 0.5) is 0 Å². The van der Waals surface area contributed by atoms with Crippen LogP contribution in [0.3, 0.4) is 0 Å². The molecular formula is C12H22N2O2S. The molecule has 0 saturated heterocycles. The van der Waals surface area contributed by atoms with Crippen LogP contribution in [0.2, 0.25) is 0 Å². The van der Waals surface area contributed by atoms with Gasteiger partial charge in [0.1, 0.15) is 0 Å². The highest BCUT2D eigenvalue weighted by Gasteiger charge is 2.07. The van der Waals surface area contributed by atoms with Crippen molar-refractivity contribution in [1.82, 2.24) is 9.88 Å². The van der Waals surface area contributed by atoms with Crippen molar-refractivity contribution in [3.63, 3.8) is 0 Å². The van der Waals surface area contributed by atoms with Crippen LogP contribution in [-0.4, -0.2) is 30.5 Å². The maximum absolute atomic E-state index is 11.4. The fourth-order valence-electron chi connectivity index (χ4n) is 1.44. The van der Waals surface area contributed by atoms with Gasteiger partial charge in [-0.05, 0) is 11.6 Å². The molecule has 1 aromatic rings. The predicted molar refractivity (Wildman–Crippen MR) is 70.7 cm³/mol. The molecule has 0 aliphatic heterocycles. The number of nitrogens with one attached hydrogen (secondary N) is 1. The van der Waals surface area contributed by atoms with Crippen LogP contribution < -0.4 is 5.32 Å². The summed E-state index contributed by atoms with van der Waals surface area (Å²) in [5, 5.41) is 3.33. The minimum Gasteiger partial charge on any atom is -0.353 e. The summed E-state index contributed by atoms with van der Waals surface area (Å²) in [6.45, 7) is 7.25. The summed E-state index contributed by atoms with van der Waals surface area (Å²) in [6, 6.07) is 2.48. The molecule has 0 spiro atoms. The van der Waals surface area contributed by atoms with Gasteiger partial charge >= 0.3 is 0 Å². The molecule has 4 nitrogen and oxygen atoms in total. The van der Waals surface area contributed by atoms with E-state index in [9.17, 15) is 8.42 Å². The highest BCUT2D eigenvalue weighted by molar-refractivity contribution is 7.91. The topological polar surface area (TPSA) is 51.1 Å². The number of hydrogen-bond acceptors (Lipinski definition) is 3. The fraction of sp³-hybridized carbons (Fsp3) is 0.667. The number of aryl methyl sites for hydroxylation is 1. The normalized spacial score (nSPS) is 12.2. The molecule has 0 radical (unpaired) electrons. The predicted octanol–water partition coefficient (Wildman–Crippen LogP) is 1.42. The van der Waals surface area contributed by atoms with Gasteiger partial charge in [-0.3, -0.25) is 0 Å². The number of nitrogens with zero attached hydrogens (tertiary/aromatic N) is 1. The van der Waals surface area contributed by atoms with Crippen molar-refractivity contribution in [3.8, 4) is 0 Å². The molecule has 1 rings (SSSR count). The van der Waals surface area contributed by atoms with Gasteiger partial charge in [0.05, 0.1) is 5.75 Å². The van der Waals surface area contributed by atoms with Gasteiger partial charge in [-0.15, -0.1) is 0 Å². The lowest BCUT2D eigenvalue weighted by Gasteiger charge is -2.06. The molecule has 0 aromatic carbocycles. The van der Waals surface area contributed by atoms with Crippen molar-refractivity contribution >= 4 is 9.84 Å². The number of aromatic nitrogens is 1. The summed E-state index contributed by atoms with van der Waals surface area (Å²) in [6.07, 6.45) is 3.93. The monoisotopic (exact) mass is 258 g/mol. The lowest BCUT2D eigenvalue weighted by atomic mass is 10.3. The fourth-order valence-corrected chi connectivity index (χ4v) is 2.22. The van der Waals surface area contributed by atoms with Crippen molar-refractivity contribution in [2.45, 2.75) is 39.9 Å². The Bertz CT molecular complexity index is 435. The minimum absolute atomic E-state index is 0.217. The van der Waals surface area contributed by atoms with E-state index in [1.807, 2.05) is 23.0 Å². The van der Waals surface area contributed by atoms with Gasteiger partial charge < -0.3 is 9.88 Å². The standard InChI is InChI=1S/C12H22N2O2S/c1-4-17(15,16)8-7-14-6-5-12(10-14)9-13-11(2)3/h5-6,10-11,13H,4,7-9H2,1-3H3. The van der Waals surface area contributed by atoms with Crippen LogP contribution >= 0.6 is 0 Å². The molecular weight excluding hydrogens is 236 g/mol. The van der Waals surface area contributed by atoms with E-state index in [1.165, 1.54) is 5.56 Å². The summed E-state index contributed by atoms with van der Waals surface area (Å²) >= 11 is 0. The Balaban J connectivity index is 2.46. The summed E-state index contributed by atoms with van der Waals surface area (Å²) < 4.78 is 24.7. The zero-order valence-corrected chi connectivity index (χ0v) is 11.6. The lowest BCUT2D eigenvalue weighted by Crippen LogP contribution is -2.21. The van der Waals surface area contributed by atoms with Gasteiger partial charge in [0.15, 0.2) is 9.84 Å². The van der Waals surface area contributed by atoms with Crippen LogP contribution in [0.5, 0.6) is 0 Å². The van der Waals surface area contributed by atoms with Crippen molar-refractivity contribution in [3.05, 3.63) is 24.0 Å². The van der Waals surface area contributed by atoms with Crippen molar-refractivity contribution in [2.24, 2.45) is 0 Å². The lowest BCUT2D eigenvalue weighted by molar-refractivity contribution is 0.585. The van der Waals surface area contributed by atoms with Crippen LogP contribution in [0.1, 0.15) is 26.3 Å². The first kappa shape index (κ1) is 14.3. The molecule has 98 valence electrons. The summed E-state index contributed by atoms with van der Waals surface area (Å²) in [5.41, 5.74) is 1.19. The molecule has 0 aliphatic carbocycles. The zero-order valence-electron chi connectivity index (χ0n) is 10.8. The number of sulfone groups is 1. The molecule has 0 atom stereocenters.